The number of likely N-dealkylation sites (tertiary alicyclic amines) is 1. The number of aliphatic hydroxyl groups excluding tert-OH is 1. The number of hydrogen-bond acceptors (Lipinski definition) is 3. The van der Waals surface area contributed by atoms with E-state index in [1.54, 1.807) is 0 Å². The molecule has 0 aliphatic carbocycles. The molecule has 1 aliphatic heterocycles. The minimum atomic E-state index is -0.475. The maximum atomic E-state index is 10.3. The third kappa shape index (κ3) is 5.59. The van der Waals surface area contributed by atoms with Crippen LogP contribution in [0.1, 0.15) is 38.4 Å². The lowest BCUT2D eigenvalue weighted by atomic mass is 10.0. The van der Waals surface area contributed by atoms with Gasteiger partial charge in [-0.15, -0.1) is 0 Å². The molecule has 0 spiro atoms. The van der Waals surface area contributed by atoms with Gasteiger partial charge < -0.3 is 14.7 Å². The van der Waals surface area contributed by atoms with Crippen molar-refractivity contribution in [3.63, 3.8) is 0 Å². The number of halogens is 1. The highest BCUT2D eigenvalue weighted by atomic mass is 35.5. The van der Waals surface area contributed by atoms with Gasteiger partial charge in [-0.05, 0) is 36.5 Å². The first kappa shape index (κ1) is 16.8. The molecule has 1 N–H and O–H groups in total. The Morgan fingerprint density at radius 3 is 2.67 bits per heavy atom. The second-order valence-corrected chi connectivity index (χ2v) is 6.73. The van der Waals surface area contributed by atoms with Crippen LogP contribution in [0.4, 0.5) is 0 Å². The molecule has 1 aromatic carbocycles. The average molecular weight is 312 g/mol. The number of hydrogen-bond donors (Lipinski definition) is 1. The Hall–Kier alpha value is -0.610. The maximum Gasteiger partial charge on any atom is 0.0917 e. The Bertz CT molecular complexity index is 431. The first-order chi connectivity index (χ1) is 10.0. The summed E-state index contributed by atoms with van der Waals surface area (Å²) in [4.78, 5) is 2.31. The maximum absolute atomic E-state index is 10.3. The van der Waals surface area contributed by atoms with Crippen molar-refractivity contribution in [2.45, 2.75) is 38.9 Å². The first-order valence-corrected chi connectivity index (χ1v) is 8.20. The van der Waals surface area contributed by atoms with Crippen molar-refractivity contribution in [1.29, 1.82) is 0 Å². The molecule has 1 saturated heterocycles. The number of aliphatic hydroxyl groups is 1. The fraction of sp³-hybridized carbons (Fsp3) is 0.647. The lowest BCUT2D eigenvalue weighted by Crippen LogP contribution is -2.39. The number of rotatable bonds is 6. The van der Waals surface area contributed by atoms with Gasteiger partial charge in [0.15, 0.2) is 0 Å². The van der Waals surface area contributed by atoms with Gasteiger partial charge in [-0.3, -0.25) is 0 Å². The quantitative estimate of drug-likeness (QED) is 0.872. The van der Waals surface area contributed by atoms with Gasteiger partial charge in [0.1, 0.15) is 0 Å². The van der Waals surface area contributed by atoms with E-state index in [9.17, 15) is 5.11 Å². The van der Waals surface area contributed by atoms with Gasteiger partial charge >= 0.3 is 0 Å². The standard InChI is InChI=1S/C17H26ClNO2/c1-13(2)12-21-16-6-8-19(9-7-16)11-17(20)14-4-3-5-15(18)10-14/h3-5,10,13,16-17,20H,6-9,11-12H2,1-2H3. The normalized spacial score (nSPS) is 19.1. The number of nitrogens with zero attached hydrogens (tertiary/aromatic N) is 1. The van der Waals surface area contributed by atoms with Crippen LogP contribution in [0.3, 0.4) is 0 Å². The largest absolute Gasteiger partial charge is 0.387 e. The van der Waals surface area contributed by atoms with Crippen molar-refractivity contribution in [1.82, 2.24) is 4.90 Å². The molecule has 3 nitrogen and oxygen atoms in total. The van der Waals surface area contributed by atoms with Gasteiger partial charge in [-0.25, -0.2) is 0 Å². The van der Waals surface area contributed by atoms with Gasteiger partial charge in [-0.1, -0.05) is 37.6 Å². The summed E-state index contributed by atoms with van der Waals surface area (Å²) in [5.41, 5.74) is 0.890. The third-order valence-corrected chi connectivity index (χ3v) is 4.10. The van der Waals surface area contributed by atoms with Crippen LogP contribution in [-0.2, 0) is 4.74 Å². The summed E-state index contributed by atoms with van der Waals surface area (Å²) in [6, 6.07) is 7.47. The molecular formula is C17H26ClNO2. The highest BCUT2D eigenvalue weighted by Gasteiger charge is 2.22. The van der Waals surface area contributed by atoms with Crippen LogP contribution in [-0.4, -0.2) is 42.4 Å². The zero-order chi connectivity index (χ0) is 15.2. The summed E-state index contributed by atoms with van der Waals surface area (Å²) < 4.78 is 5.89. The smallest absolute Gasteiger partial charge is 0.0917 e. The van der Waals surface area contributed by atoms with E-state index in [4.69, 9.17) is 16.3 Å². The average Bonchev–Trinajstić information content (AvgIpc) is 2.46. The van der Waals surface area contributed by atoms with Gasteiger partial charge in [0, 0.05) is 31.3 Å². The van der Waals surface area contributed by atoms with Gasteiger partial charge in [0.2, 0.25) is 0 Å². The van der Waals surface area contributed by atoms with Crippen LogP contribution in [0.5, 0.6) is 0 Å². The predicted octanol–water partition coefficient (Wildman–Crippen LogP) is 3.51. The summed E-state index contributed by atoms with van der Waals surface area (Å²) in [6.45, 7) is 7.83. The Labute approximate surface area is 132 Å². The minimum absolute atomic E-state index is 0.381. The van der Waals surface area contributed by atoms with Gasteiger partial charge in [-0.2, -0.15) is 0 Å². The van der Waals surface area contributed by atoms with Crippen molar-refractivity contribution in [3.05, 3.63) is 34.9 Å². The zero-order valence-electron chi connectivity index (χ0n) is 13.0. The van der Waals surface area contributed by atoms with E-state index in [0.29, 0.717) is 23.6 Å². The summed E-state index contributed by atoms with van der Waals surface area (Å²) in [7, 11) is 0. The highest BCUT2D eigenvalue weighted by Crippen LogP contribution is 2.21. The number of β-amino-alcohol motifs (C(OH)–C–C–N with tert-alkyl or cyclic N) is 1. The van der Waals surface area contributed by atoms with Crippen LogP contribution in [0.15, 0.2) is 24.3 Å². The molecule has 0 bridgehead atoms. The van der Waals surface area contributed by atoms with Crippen LogP contribution in [0.25, 0.3) is 0 Å². The second kappa shape index (κ2) is 8.14. The zero-order valence-corrected chi connectivity index (χ0v) is 13.7. The van der Waals surface area contributed by atoms with E-state index < -0.39 is 6.10 Å². The molecule has 0 radical (unpaired) electrons. The van der Waals surface area contributed by atoms with Crippen LogP contribution in [0.2, 0.25) is 5.02 Å². The molecule has 1 aromatic rings. The monoisotopic (exact) mass is 311 g/mol. The number of benzene rings is 1. The molecule has 0 saturated carbocycles. The summed E-state index contributed by atoms with van der Waals surface area (Å²) in [5, 5.41) is 11.0. The SMILES string of the molecule is CC(C)COC1CCN(CC(O)c2cccc(Cl)c2)CC1. The van der Waals surface area contributed by atoms with E-state index in [1.807, 2.05) is 24.3 Å². The topological polar surface area (TPSA) is 32.7 Å². The van der Waals surface area contributed by atoms with Crippen molar-refractivity contribution in [2.75, 3.05) is 26.2 Å². The predicted molar refractivity (Wildman–Crippen MR) is 86.7 cm³/mol. The van der Waals surface area contributed by atoms with Crippen LogP contribution in [0, 0.1) is 5.92 Å². The minimum Gasteiger partial charge on any atom is -0.387 e. The van der Waals surface area contributed by atoms with Crippen molar-refractivity contribution < 1.29 is 9.84 Å². The second-order valence-electron chi connectivity index (χ2n) is 6.30. The van der Waals surface area contributed by atoms with E-state index in [2.05, 4.69) is 18.7 Å². The highest BCUT2D eigenvalue weighted by molar-refractivity contribution is 6.30. The molecular weight excluding hydrogens is 286 g/mol. The molecule has 118 valence electrons. The molecule has 21 heavy (non-hydrogen) atoms. The van der Waals surface area contributed by atoms with E-state index >= 15 is 0 Å². The van der Waals surface area contributed by atoms with Gasteiger partial charge in [0.05, 0.1) is 12.2 Å². The summed E-state index contributed by atoms with van der Waals surface area (Å²) in [5.74, 6) is 0.590. The molecule has 2 rings (SSSR count). The third-order valence-electron chi connectivity index (χ3n) is 3.86. The molecule has 0 aromatic heterocycles. The molecule has 0 amide bonds. The lowest BCUT2D eigenvalue weighted by molar-refractivity contribution is -0.0123. The Morgan fingerprint density at radius 1 is 1.33 bits per heavy atom. The fourth-order valence-electron chi connectivity index (χ4n) is 2.65. The van der Waals surface area contributed by atoms with E-state index in [1.165, 1.54) is 0 Å². The fourth-order valence-corrected chi connectivity index (χ4v) is 2.85. The van der Waals surface area contributed by atoms with Crippen molar-refractivity contribution in [2.24, 2.45) is 5.92 Å². The van der Waals surface area contributed by atoms with E-state index in [-0.39, 0.29) is 0 Å². The molecule has 1 heterocycles. The van der Waals surface area contributed by atoms with Gasteiger partial charge in [0.25, 0.3) is 0 Å². The lowest BCUT2D eigenvalue weighted by Gasteiger charge is -2.33. The number of piperidine rings is 1. The van der Waals surface area contributed by atoms with Crippen molar-refractivity contribution >= 4 is 11.6 Å². The summed E-state index contributed by atoms with van der Waals surface area (Å²) >= 11 is 5.97. The van der Waals surface area contributed by atoms with Crippen LogP contribution < -0.4 is 0 Å². The molecule has 1 aliphatic rings. The Balaban J connectivity index is 1.75. The Morgan fingerprint density at radius 2 is 2.05 bits per heavy atom. The van der Waals surface area contributed by atoms with Crippen molar-refractivity contribution in [3.8, 4) is 0 Å². The Kier molecular flexibility index (Phi) is 6.49. The molecule has 4 heteroatoms. The summed E-state index contributed by atoms with van der Waals surface area (Å²) in [6.07, 6.45) is 2.01. The number of ether oxygens (including phenoxy) is 1. The molecule has 1 fully saturated rings. The van der Waals surface area contributed by atoms with Crippen LogP contribution >= 0.6 is 11.6 Å². The van der Waals surface area contributed by atoms with E-state index in [0.717, 1.165) is 38.1 Å². The first-order valence-electron chi connectivity index (χ1n) is 7.82. The molecule has 1 unspecified atom stereocenters. The molecule has 1 atom stereocenters.